The first-order valence-electron chi connectivity index (χ1n) is 8.06. The zero-order valence-electron chi connectivity index (χ0n) is 14.3. The zero-order valence-corrected chi connectivity index (χ0v) is 15.0. The van der Waals surface area contributed by atoms with E-state index in [2.05, 4.69) is 0 Å². The van der Waals surface area contributed by atoms with Crippen LogP contribution < -0.4 is 9.47 Å². The largest absolute Gasteiger partial charge is 0.489 e. The Balaban J connectivity index is 1.72. The smallest absolute Gasteiger partial charge is 0.226 e. The standard InChI is InChI=1S/C20H20ClNO3/c1-22(2)20(23)11-15-8-9-24-19-12-17(6-7-18(15)19)25-13-14-4-3-5-16(21)10-14/h3-8,10,12H,9,11,13H2,1-2H3. The summed E-state index contributed by atoms with van der Waals surface area (Å²) in [6, 6.07) is 13.3. The van der Waals surface area contributed by atoms with Gasteiger partial charge in [0.2, 0.25) is 5.91 Å². The molecular weight excluding hydrogens is 338 g/mol. The highest BCUT2D eigenvalue weighted by atomic mass is 35.5. The first-order valence-corrected chi connectivity index (χ1v) is 8.44. The summed E-state index contributed by atoms with van der Waals surface area (Å²) in [4.78, 5) is 13.6. The van der Waals surface area contributed by atoms with Crippen LogP contribution in [-0.4, -0.2) is 31.5 Å². The van der Waals surface area contributed by atoms with Gasteiger partial charge in [0.15, 0.2) is 0 Å². The maximum atomic E-state index is 12.0. The Bertz CT molecular complexity index is 814. The number of rotatable bonds is 5. The van der Waals surface area contributed by atoms with E-state index in [1.165, 1.54) is 0 Å². The average molecular weight is 358 g/mol. The summed E-state index contributed by atoms with van der Waals surface area (Å²) in [5, 5.41) is 0.690. The van der Waals surface area contributed by atoms with Gasteiger partial charge in [-0.15, -0.1) is 0 Å². The molecule has 1 heterocycles. The molecule has 0 saturated carbocycles. The third kappa shape index (κ3) is 4.34. The fraction of sp³-hybridized carbons (Fsp3) is 0.250. The molecule has 0 aliphatic carbocycles. The van der Waals surface area contributed by atoms with E-state index in [-0.39, 0.29) is 5.91 Å². The van der Waals surface area contributed by atoms with E-state index >= 15 is 0 Å². The van der Waals surface area contributed by atoms with Crippen LogP contribution in [0, 0.1) is 0 Å². The van der Waals surface area contributed by atoms with Gasteiger partial charge in [0.25, 0.3) is 0 Å². The number of ether oxygens (including phenoxy) is 2. The molecule has 0 atom stereocenters. The minimum atomic E-state index is 0.0698. The highest BCUT2D eigenvalue weighted by molar-refractivity contribution is 6.30. The molecule has 2 aromatic rings. The van der Waals surface area contributed by atoms with Gasteiger partial charge in [0.05, 0.1) is 6.42 Å². The molecule has 130 valence electrons. The molecule has 0 radical (unpaired) electrons. The molecule has 3 rings (SSSR count). The first kappa shape index (κ1) is 17.4. The number of halogens is 1. The molecule has 1 amide bonds. The highest BCUT2D eigenvalue weighted by Crippen LogP contribution is 2.35. The Kier molecular flexibility index (Phi) is 5.29. The van der Waals surface area contributed by atoms with E-state index in [1.54, 1.807) is 19.0 Å². The number of carbonyl (C=O) groups is 1. The van der Waals surface area contributed by atoms with Crippen molar-refractivity contribution in [2.24, 2.45) is 0 Å². The summed E-state index contributed by atoms with van der Waals surface area (Å²) in [6.07, 6.45) is 2.32. The summed E-state index contributed by atoms with van der Waals surface area (Å²) < 4.78 is 11.5. The zero-order chi connectivity index (χ0) is 17.8. The van der Waals surface area contributed by atoms with E-state index in [0.717, 1.165) is 28.2 Å². The third-order valence-electron chi connectivity index (χ3n) is 4.00. The van der Waals surface area contributed by atoms with Crippen LogP contribution in [0.3, 0.4) is 0 Å². The Morgan fingerprint density at radius 2 is 2.08 bits per heavy atom. The van der Waals surface area contributed by atoms with E-state index in [1.807, 2.05) is 48.5 Å². The number of nitrogens with zero attached hydrogens (tertiary/aromatic N) is 1. The molecule has 0 saturated heterocycles. The van der Waals surface area contributed by atoms with Gasteiger partial charge >= 0.3 is 0 Å². The van der Waals surface area contributed by atoms with Gasteiger partial charge in [-0.1, -0.05) is 23.7 Å². The molecule has 0 unspecified atom stereocenters. The van der Waals surface area contributed by atoms with Crippen molar-refractivity contribution < 1.29 is 14.3 Å². The fourth-order valence-electron chi connectivity index (χ4n) is 2.60. The van der Waals surface area contributed by atoms with Gasteiger partial charge in [-0.25, -0.2) is 0 Å². The Morgan fingerprint density at radius 3 is 2.84 bits per heavy atom. The minimum absolute atomic E-state index is 0.0698. The van der Waals surface area contributed by atoms with Crippen LogP contribution >= 0.6 is 11.6 Å². The second kappa shape index (κ2) is 7.62. The van der Waals surface area contributed by atoms with E-state index in [0.29, 0.717) is 24.7 Å². The van der Waals surface area contributed by atoms with E-state index in [4.69, 9.17) is 21.1 Å². The van der Waals surface area contributed by atoms with Gasteiger partial charge in [-0.2, -0.15) is 0 Å². The van der Waals surface area contributed by atoms with Gasteiger partial charge in [0, 0.05) is 30.7 Å². The lowest BCUT2D eigenvalue weighted by molar-refractivity contribution is -0.127. The number of benzene rings is 2. The lowest BCUT2D eigenvalue weighted by Gasteiger charge is -2.20. The molecule has 1 aliphatic heterocycles. The van der Waals surface area contributed by atoms with Crippen LogP contribution in [0.15, 0.2) is 48.5 Å². The van der Waals surface area contributed by atoms with Crippen LogP contribution in [0.4, 0.5) is 0 Å². The fourth-order valence-corrected chi connectivity index (χ4v) is 2.81. The van der Waals surface area contributed by atoms with Crippen molar-refractivity contribution in [2.45, 2.75) is 13.0 Å². The lowest BCUT2D eigenvalue weighted by atomic mass is 9.99. The minimum Gasteiger partial charge on any atom is -0.489 e. The quantitative estimate of drug-likeness (QED) is 0.806. The SMILES string of the molecule is CN(C)C(=O)CC1=CCOc2cc(OCc3cccc(Cl)c3)ccc21. The summed E-state index contributed by atoms with van der Waals surface area (Å²) in [7, 11) is 3.52. The maximum absolute atomic E-state index is 12.0. The monoisotopic (exact) mass is 357 g/mol. The Hall–Kier alpha value is -2.46. The van der Waals surface area contributed by atoms with Crippen molar-refractivity contribution in [2.75, 3.05) is 20.7 Å². The molecule has 5 heteroatoms. The maximum Gasteiger partial charge on any atom is 0.226 e. The van der Waals surface area contributed by atoms with Gasteiger partial charge in [0.1, 0.15) is 24.7 Å². The molecule has 0 spiro atoms. The van der Waals surface area contributed by atoms with Crippen molar-refractivity contribution in [3.8, 4) is 11.5 Å². The van der Waals surface area contributed by atoms with Gasteiger partial charge in [-0.05, 0) is 41.5 Å². The van der Waals surface area contributed by atoms with Crippen molar-refractivity contribution >= 4 is 23.1 Å². The average Bonchev–Trinajstić information content (AvgIpc) is 2.60. The summed E-state index contributed by atoms with van der Waals surface area (Å²) in [5.41, 5.74) is 2.93. The van der Waals surface area contributed by atoms with Crippen molar-refractivity contribution in [3.63, 3.8) is 0 Å². The second-order valence-corrected chi connectivity index (χ2v) is 6.52. The highest BCUT2D eigenvalue weighted by Gasteiger charge is 2.18. The lowest BCUT2D eigenvalue weighted by Crippen LogP contribution is -2.22. The van der Waals surface area contributed by atoms with Crippen LogP contribution in [0.25, 0.3) is 5.57 Å². The predicted molar refractivity (Wildman–Crippen MR) is 99.0 cm³/mol. The normalized spacial score (nSPS) is 12.7. The molecule has 4 nitrogen and oxygen atoms in total. The van der Waals surface area contributed by atoms with Crippen LogP contribution in [-0.2, 0) is 11.4 Å². The molecule has 0 aromatic heterocycles. The number of fused-ring (bicyclic) bond motifs is 1. The summed E-state index contributed by atoms with van der Waals surface area (Å²) in [6.45, 7) is 0.891. The number of carbonyl (C=O) groups excluding carboxylic acids is 1. The van der Waals surface area contributed by atoms with Crippen molar-refractivity contribution in [1.82, 2.24) is 4.90 Å². The molecule has 1 aliphatic rings. The van der Waals surface area contributed by atoms with Gasteiger partial charge < -0.3 is 14.4 Å². The molecule has 0 bridgehead atoms. The molecule has 0 fully saturated rings. The van der Waals surface area contributed by atoms with Crippen molar-refractivity contribution in [3.05, 3.63) is 64.7 Å². The van der Waals surface area contributed by atoms with Crippen molar-refractivity contribution in [1.29, 1.82) is 0 Å². The molecule has 25 heavy (non-hydrogen) atoms. The van der Waals surface area contributed by atoms with E-state index < -0.39 is 0 Å². The topological polar surface area (TPSA) is 38.8 Å². The van der Waals surface area contributed by atoms with Crippen LogP contribution in [0.5, 0.6) is 11.5 Å². The molecule has 0 N–H and O–H groups in total. The van der Waals surface area contributed by atoms with Crippen LogP contribution in [0.1, 0.15) is 17.5 Å². The number of hydrogen-bond acceptors (Lipinski definition) is 3. The summed E-state index contributed by atoms with van der Waals surface area (Å²) >= 11 is 5.99. The van der Waals surface area contributed by atoms with Crippen LogP contribution in [0.2, 0.25) is 5.02 Å². The predicted octanol–water partition coefficient (Wildman–Crippen LogP) is 4.17. The first-order chi connectivity index (χ1) is 12.0. The third-order valence-corrected chi connectivity index (χ3v) is 4.24. The molecule has 2 aromatic carbocycles. The number of hydrogen-bond donors (Lipinski definition) is 0. The second-order valence-electron chi connectivity index (χ2n) is 6.08. The Labute approximate surface area is 152 Å². The number of amides is 1. The van der Waals surface area contributed by atoms with E-state index in [9.17, 15) is 4.79 Å². The summed E-state index contributed by atoms with van der Waals surface area (Å²) in [5.74, 6) is 1.53. The Morgan fingerprint density at radius 1 is 1.24 bits per heavy atom. The molecular formula is C20H20ClNO3. The van der Waals surface area contributed by atoms with Gasteiger partial charge in [-0.3, -0.25) is 4.79 Å².